The molecule has 1 amide bonds. The van der Waals surface area contributed by atoms with E-state index in [9.17, 15) is 10.1 Å². The number of nitrogens with one attached hydrogen (secondary N) is 1. The number of amides is 1. The predicted molar refractivity (Wildman–Crippen MR) is 79.7 cm³/mol. The van der Waals surface area contributed by atoms with E-state index in [1.165, 1.54) is 0 Å². The maximum atomic E-state index is 12.1. The number of nitrogens with zero attached hydrogens (tertiary/aromatic N) is 2. The Bertz CT molecular complexity index is 498. The Labute approximate surface area is 125 Å². The third kappa shape index (κ3) is 4.03. The minimum absolute atomic E-state index is 0.0260. The van der Waals surface area contributed by atoms with Gasteiger partial charge in [0.1, 0.15) is 6.04 Å². The van der Waals surface area contributed by atoms with Crippen molar-refractivity contribution in [1.82, 2.24) is 10.2 Å². The molecule has 1 aromatic carbocycles. The Kier molecular flexibility index (Phi) is 5.73. The van der Waals surface area contributed by atoms with Gasteiger partial charge in [0.15, 0.2) is 0 Å². The average Bonchev–Trinajstić information content (AvgIpc) is 2.54. The van der Waals surface area contributed by atoms with Crippen molar-refractivity contribution in [3.05, 3.63) is 35.9 Å². The number of rotatable bonds is 5. The lowest BCUT2D eigenvalue weighted by molar-refractivity contribution is -0.132. The van der Waals surface area contributed by atoms with E-state index in [2.05, 4.69) is 16.3 Å². The van der Waals surface area contributed by atoms with Gasteiger partial charge in [-0.2, -0.15) is 5.26 Å². The molecule has 1 aliphatic rings. The van der Waals surface area contributed by atoms with Crippen molar-refractivity contribution in [2.75, 3.05) is 32.8 Å². The quantitative estimate of drug-likeness (QED) is 0.881. The molecule has 2 atom stereocenters. The fraction of sp³-hybridized carbons (Fsp3) is 0.500. The van der Waals surface area contributed by atoms with Gasteiger partial charge in [-0.05, 0) is 12.5 Å². The van der Waals surface area contributed by atoms with Gasteiger partial charge in [0.25, 0.3) is 0 Å². The average molecular weight is 287 g/mol. The molecule has 0 radical (unpaired) electrons. The Hall–Kier alpha value is -1.90. The zero-order valence-corrected chi connectivity index (χ0v) is 12.3. The van der Waals surface area contributed by atoms with Crippen LogP contribution >= 0.6 is 0 Å². The van der Waals surface area contributed by atoms with E-state index in [-0.39, 0.29) is 17.9 Å². The van der Waals surface area contributed by atoms with Crippen LogP contribution in [0.1, 0.15) is 18.4 Å². The number of benzene rings is 1. The fourth-order valence-corrected chi connectivity index (χ4v) is 2.53. The van der Waals surface area contributed by atoms with Crippen molar-refractivity contribution in [3.63, 3.8) is 0 Å². The first-order chi connectivity index (χ1) is 10.3. The lowest BCUT2D eigenvalue weighted by Gasteiger charge is -2.35. The molecule has 1 saturated heterocycles. The monoisotopic (exact) mass is 287 g/mol. The largest absolute Gasteiger partial charge is 0.378 e. The number of nitriles is 1. The van der Waals surface area contributed by atoms with Crippen molar-refractivity contribution >= 4 is 5.91 Å². The van der Waals surface area contributed by atoms with Crippen molar-refractivity contribution in [2.45, 2.75) is 18.9 Å². The minimum Gasteiger partial charge on any atom is -0.378 e. The van der Waals surface area contributed by atoms with Crippen molar-refractivity contribution < 1.29 is 9.53 Å². The second-order valence-electron chi connectivity index (χ2n) is 5.07. The van der Waals surface area contributed by atoms with Gasteiger partial charge in [-0.3, -0.25) is 9.69 Å². The van der Waals surface area contributed by atoms with Crippen LogP contribution in [0.2, 0.25) is 0 Å². The van der Waals surface area contributed by atoms with Crippen LogP contribution in [0.4, 0.5) is 0 Å². The van der Waals surface area contributed by atoms with E-state index in [1.54, 1.807) is 0 Å². The highest BCUT2D eigenvalue weighted by molar-refractivity contribution is 5.82. The highest BCUT2D eigenvalue weighted by Crippen LogP contribution is 2.19. The molecule has 112 valence electrons. The number of likely N-dealkylation sites (N-methyl/N-ethyl adjacent to an activating group) is 1. The van der Waals surface area contributed by atoms with Crippen LogP contribution in [0, 0.1) is 11.3 Å². The standard InChI is InChI=1S/C16H21N3O2/c1-2-18-16(20)15-12-21-9-8-19(15)11-14(10-17)13-6-4-3-5-7-13/h3-7,14-15H,2,8-9,11-12H2,1H3,(H,18,20). The zero-order valence-electron chi connectivity index (χ0n) is 12.3. The number of carbonyl (C=O) groups excluding carboxylic acids is 1. The summed E-state index contributed by atoms with van der Waals surface area (Å²) in [6, 6.07) is 11.7. The molecule has 5 nitrogen and oxygen atoms in total. The maximum absolute atomic E-state index is 12.1. The van der Waals surface area contributed by atoms with Gasteiger partial charge in [-0.15, -0.1) is 0 Å². The molecule has 1 aromatic rings. The smallest absolute Gasteiger partial charge is 0.239 e. The molecule has 1 N–H and O–H groups in total. The molecular formula is C16H21N3O2. The second kappa shape index (κ2) is 7.77. The van der Waals surface area contributed by atoms with Gasteiger partial charge in [-0.25, -0.2) is 0 Å². The van der Waals surface area contributed by atoms with Crippen LogP contribution in [0.25, 0.3) is 0 Å². The fourth-order valence-electron chi connectivity index (χ4n) is 2.53. The maximum Gasteiger partial charge on any atom is 0.239 e. The summed E-state index contributed by atoms with van der Waals surface area (Å²) >= 11 is 0. The normalized spacial score (nSPS) is 20.5. The van der Waals surface area contributed by atoms with Gasteiger partial charge < -0.3 is 10.1 Å². The lowest BCUT2D eigenvalue weighted by Crippen LogP contribution is -2.54. The topological polar surface area (TPSA) is 65.4 Å². The summed E-state index contributed by atoms with van der Waals surface area (Å²) < 4.78 is 5.42. The summed E-state index contributed by atoms with van der Waals surface area (Å²) in [7, 11) is 0. The van der Waals surface area contributed by atoms with E-state index in [1.807, 2.05) is 37.3 Å². The zero-order chi connectivity index (χ0) is 15.1. The molecule has 2 rings (SSSR count). The van der Waals surface area contributed by atoms with Crippen LogP contribution in [0.5, 0.6) is 0 Å². The summed E-state index contributed by atoms with van der Waals surface area (Å²) in [4.78, 5) is 14.2. The van der Waals surface area contributed by atoms with Gasteiger partial charge in [0.2, 0.25) is 5.91 Å². The minimum atomic E-state index is -0.307. The van der Waals surface area contributed by atoms with Crippen LogP contribution in [-0.2, 0) is 9.53 Å². The van der Waals surface area contributed by atoms with E-state index in [4.69, 9.17) is 4.74 Å². The first kappa shape index (κ1) is 15.5. The first-order valence-corrected chi connectivity index (χ1v) is 7.30. The Morgan fingerprint density at radius 2 is 2.29 bits per heavy atom. The first-order valence-electron chi connectivity index (χ1n) is 7.30. The number of hydrogen-bond acceptors (Lipinski definition) is 4. The molecule has 1 heterocycles. The van der Waals surface area contributed by atoms with Crippen molar-refractivity contribution in [1.29, 1.82) is 5.26 Å². The van der Waals surface area contributed by atoms with Crippen LogP contribution < -0.4 is 5.32 Å². The van der Waals surface area contributed by atoms with Crippen LogP contribution in [-0.4, -0.2) is 49.7 Å². The molecular weight excluding hydrogens is 266 g/mol. The predicted octanol–water partition coefficient (Wildman–Crippen LogP) is 1.13. The summed E-state index contributed by atoms with van der Waals surface area (Å²) in [5.41, 5.74) is 0.987. The molecule has 21 heavy (non-hydrogen) atoms. The highest BCUT2D eigenvalue weighted by atomic mass is 16.5. The molecule has 5 heteroatoms. The molecule has 0 spiro atoms. The van der Waals surface area contributed by atoms with E-state index in [0.29, 0.717) is 32.8 Å². The van der Waals surface area contributed by atoms with Gasteiger partial charge in [0, 0.05) is 19.6 Å². The number of hydrogen-bond donors (Lipinski definition) is 1. The molecule has 1 aliphatic heterocycles. The molecule has 0 aliphatic carbocycles. The van der Waals surface area contributed by atoms with E-state index >= 15 is 0 Å². The third-order valence-corrected chi connectivity index (χ3v) is 3.67. The number of ether oxygens (including phenoxy) is 1. The number of carbonyl (C=O) groups is 1. The summed E-state index contributed by atoms with van der Waals surface area (Å²) in [5.74, 6) is -0.261. The molecule has 0 saturated carbocycles. The van der Waals surface area contributed by atoms with E-state index in [0.717, 1.165) is 5.56 Å². The molecule has 0 bridgehead atoms. The van der Waals surface area contributed by atoms with Gasteiger partial charge in [0.05, 0.1) is 25.2 Å². The van der Waals surface area contributed by atoms with Crippen LogP contribution in [0.3, 0.4) is 0 Å². The summed E-state index contributed by atoms with van der Waals surface area (Å²) in [5, 5.41) is 12.3. The second-order valence-corrected chi connectivity index (χ2v) is 5.07. The van der Waals surface area contributed by atoms with Crippen LogP contribution in [0.15, 0.2) is 30.3 Å². The van der Waals surface area contributed by atoms with Gasteiger partial charge >= 0.3 is 0 Å². The summed E-state index contributed by atoms with van der Waals surface area (Å²) in [6.45, 7) is 4.71. The SMILES string of the molecule is CCNC(=O)C1COCCN1CC(C#N)c1ccccc1. The third-order valence-electron chi connectivity index (χ3n) is 3.67. The molecule has 2 unspecified atom stereocenters. The highest BCUT2D eigenvalue weighted by Gasteiger charge is 2.31. The Morgan fingerprint density at radius 1 is 1.52 bits per heavy atom. The Morgan fingerprint density at radius 3 is 2.95 bits per heavy atom. The van der Waals surface area contributed by atoms with E-state index < -0.39 is 0 Å². The van der Waals surface area contributed by atoms with Gasteiger partial charge in [-0.1, -0.05) is 30.3 Å². The molecule has 1 fully saturated rings. The summed E-state index contributed by atoms with van der Waals surface area (Å²) in [6.07, 6.45) is 0. The lowest BCUT2D eigenvalue weighted by atomic mass is 9.99. The van der Waals surface area contributed by atoms with Crippen molar-refractivity contribution in [2.24, 2.45) is 0 Å². The number of morpholine rings is 1. The molecule has 0 aromatic heterocycles. The van der Waals surface area contributed by atoms with Crippen molar-refractivity contribution in [3.8, 4) is 6.07 Å². The Balaban J connectivity index is 2.07.